The summed E-state index contributed by atoms with van der Waals surface area (Å²) in [7, 11) is 0. The Morgan fingerprint density at radius 3 is 2.55 bits per heavy atom. The smallest absolute Gasteiger partial charge is 0.244 e. The number of aromatic nitrogens is 1. The highest BCUT2D eigenvalue weighted by molar-refractivity contribution is 5.91. The fraction of sp³-hybridized carbons (Fsp3) is 0.250. The first-order valence-electron chi connectivity index (χ1n) is 6.50. The van der Waals surface area contributed by atoms with Crippen molar-refractivity contribution in [2.75, 3.05) is 0 Å². The summed E-state index contributed by atoms with van der Waals surface area (Å²) < 4.78 is 5.39. The van der Waals surface area contributed by atoms with Crippen LogP contribution in [0.2, 0.25) is 0 Å². The average Bonchev–Trinajstić information content (AvgIpc) is 2.75. The highest BCUT2D eigenvalue weighted by Crippen LogP contribution is 2.08. The number of nitrogens with one attached hydrogen (secondary N) is 1. The number of carbonyl (C=O) groups is 1. The third-order valence-corrected chi connectivity index (χ3v) is 2.99. The molecule has 1 amide bonds. The van der Waals surface area contributed by atoms with E-state index in [1.165, 1.54) is 11.6 Å². The van der Waals surface area contributed by atoms with Crippen LogP contribution in [-0.4, -0.2) is 10.9 Å². The van der Waals surface area contributed by atoms with Crippen molar-refractivity contribution < 1.29 is 9.21 Å². The van der Waals surface area contributed by atoms with Crippen LogP contribution in [-0.2, 0) is 11.3 Å². The van der Waals surface area contributed by atoms with Crippen LogP contribution in [0, 0.1) is 20.8 Å². The van der Waals surface area contributed by atoms with Crippen LogP contribution in [0.15, 0.2) is 34.8 Å². The van der Waals surface area contributed by atoms with Gasteiger partial charge in [0, 0.05) is 6.08 Å². The van der Waals surface area contributed by atoms with Crippen LogP contribution in [0.4, 0.5) is 0 Å². The van der Waals surface area contributed by atoms with Gasteiger partial charge in [0.15, 0.2) is 0 Å². The molecule has 0 spiro atoms. The minimum absolute atomic E-state index is 0.168. The molecule has 4 nitrogen and oxygen atoms in total. The Hall–Kier alpha value is -2.36. The lowest BCUT2D eigenvalue weighted by atomic mass is 10.1. The molecule has 1 heterocycles. The lowest BCUT2D eigenvalue weighted by Crippen LogP contribution is -2.20. The zero-order chi connectivity index (χ0) is 14.5. The van der Waals surface area contributed by atoms with Gasteiger partial charge < -0.3 is 9.73 Å². The van der Waals surface area contributed by atoms with Crippen molar-refractivity contribution in [2.24, 2.45) is 0 Å². The predicted molar refractivity (Wildman–Crippen MR) is 78.0 cm³/mol. The van der Waals surface area contributed by atoms with Gasteiger partial charge in [0.25, 0.3) is 0 Å². The first-order chi connectivity index (χ1) is 9.54. The molecular weight excluding hydrogens is 252 g/mol. The molecule has 0 aliphatic rings. The quantitative estimate of drug-likeness (QED) is 0.869. The zero-order valence-corrected chi connectivity index (χ0v) is 11.9. The van der Waals surface area contributed by atoms with Gasteiger partial charge in [0.2, 0.25) is 11.8 Å². The summed E-state index contributed by atoms with van der Waals surface area (Å²) in [5.41, 5.74) is 3.04. The number of benzene rings is 1. The van der Waals surface area contributed by atoms with E-state index in [2.05, 4.69) is 10.3 Å². The number of rotatable bonds is 4. The van der Waals surface area contributed by atoms with Crippen molar-refractivity contribution in [1.82, 2.24) is 10.3 Å². The molecule has 20 heavy (non-hydrogen) atoms. The molecule has 1 aromatic heterocycles. The van der Waals surface area contributed by atoms with E-state index >= 15 is 0 Å². The molecule has 0 aliphatic heterocycles. The van der Waals surface area contributed by atoms with E-state index in [4.69, 9.17) is 4.42 Å². The van der Waals surface area contributed by atoms with E-state index in [1.54, 1.807) is 6.08 Å². The SMILES string of the molecule is Cc1ccc(/C=C/C(=O)NCc2nc(C)c(C)o2)cc1. The van der Waals surface area contributed by atoms with Gasteiger partial charge in [-0.05, 0) is 32.4 Å². The molecule has 4 heteroatoms. The lowest BCUT2D eigenvalue weighted by Gasteiger charge is -1.98. The van der Waals surface area contributed by atoms with Gasteiger partial charge >= 0.3 is 0 Å². The van der Waals surface area contributed by atoms with E-state index in [9.17, 15) is 4.79 Å². The van der Waals surface area contributed by atoms with Crippen LogP contribution in [0.3, 0.4) is 0 Å². The van der Waals surface area contributed by atoms with Crippen molar-refractivity contribution in [3.05, 3.63) is 58.8 Å². The molecule has 0 radical (unpaired) electrons. The third kappa shape index (κ3) is 3.82. The van der Waals surface area contributed by atoms with Gasteiger partial charge in [-0.25, -0.2) is 4.98 Å². The second kappa shape index (κ2) is 6.19. The molecule has 0 saturated heterocycles. The van der Waals surface area contributed by atoms with E-state index in [1.807, 2.05) is 45.0 Å². The van der Waals surface area contributed by atoms with Crippen molar-refractivity contribution in [3.8, 4) is 0 Å². The Balaban J connectivity index is 1.87. The molecule has 0 aliphatic carbocycles. The molecule has 0 bridgehead atoms. The Bertz CT molecular complexity index is 605. The average molecular weight is 270 g/mol. The van der Waals surface area contributed by atoms with Gasteiger partial charge in [-0.2, -0.15) is 0 Å². The minimum atomic E-state index is -0.168. The maximum Gasteiger partial charge on any atom is 0.244 e. The molecule has 0 atom stereocenters. The first-order valence-corrected chi connectivity index (χ1v) is 6.50. The molecule has 2 aromatic rings. The third-order valence-electron chi connectivity index (χ3n) is 2.99. The van der Waals surface area contributed by atoms with Gasteiger partial charge in [0.1, 0.15) is 5.76 Å². The fourth-order valence-corrected chi connectivity index (χ4v) is 1.69. The molecule has 2 rings (SSSR count). The standard InChI is InChI=1S/C16H18N2O2/c1-11-4-6-14(7-5-11)8-9-15(19)17-10-16-18-12(2)13(3)20-16/h4-9H,10H2,1-3H3,(H,17,19)/b9-8+. The van der Waals surface area contributed by atoms with Crippen LogP contribution >= 0.6 is 0 Å². The van der Waals surface area contributed by atoms with E-state index in [0.29, 0.717) is 12.4 Å². The first kappa shape index (κ1) is 14.1. The minimum Gasteiger partial charge on any atom is -0.444 e. The van der Waals surface area contributed by atoms with Crippen LogP contribution in [0.5, 0.6) is 0 Å². The fourth-order valence-electron chi connectivity index (χ4n) is 1.69. The maximum absolute atomic E-state index is 11.7. The number of aryl methyl sites for hydroxylation is 3. The summed E-state index contributed by atoms with van der Waals surface area (Å²) in [6, 6.07) is 7.96. The van der Waals surface area contributed by atoms with Crippen molar-refractivity contribution in [3.63, 3.8) is 0 Å². The predicted octanol–water partition coefficient (Wildman–Crippen LogP) is 2.93. The largest absolute Gasteiger partial charge is 0.444 e. The van der Waals surface area contributed by atoms with Crippen LogP contribution in [0.1, 0.15) is 28.5 Å². The highest BCUT2D eigenvalue weighted by atomic mass is 16.4. The summed E-state index contributed by atoms with van der Waals surface area (Å²) in [6.45, 7) is 6.05. The second-order valence-corrected chi connectivity index (χ2v) is 4.71. The summed E-state index contributed by atoms with van der Waals surface area (Å²) in [4.78, 5) is 15.9. The van der Waals surface area contributed by atoms with Gasteiger partial charge in [0.05, 0.1) is 12.2 Å². The molecule has 1 N–H and O–H groups in total. The van der Waals surface area contributed by atoms with E-state index < -0.39 is 0 Å². The Kier molecular flexibility index (Phi) is 4.35. The maximum atomic E-state index is 11.7. The van der Waals surface area contributed by atoms with Crippen molar-refractivity contribution >= 4 is 12.0 Å². The molecule has 0 fully saturated rings. The zero-order valence-electron chi connectivity index (χ0n) is 11.9. The number of amides is 1. The molecule has 104 valence electrons. The van der Waals surface area contributed by atoms with Crippen LogP contribution < -0.4 is 5.32 Å². The van der Waals surface area contributed by atoms with E-state index in [0.717, 1.165) is 17.0 Å². The summed E-state index contributed by atoms with van der Waals surface area (Å²) in [6.07, 6.45) is 3.29. The number of carbonyl (C=O) groups excluding carboxylic acids is 1. The monoisotopic (exact) mass is 270 g/mol. The Morgan fingerprint density at radius 2 is 1.95 bits per heavy atom. The Morgan fingerprint density at radius 1 is 1.25 bits per heavy atom. The topological polar surface area (TPSA) is 55.1 Å². The highest BCUT2D eigenvalue weighted by Gasteiger charge is 2.05. The summed E-state index contributed by atoms with van der Waals surface area (Å²) in [5.74, 6) is 1.14. The van der Waals surface area contributed by atoms with Crippen molar-refractivity contribution in [1.29, 1.82) is 0 Å². The molecular formula is C16H18N2O2. The number of hydrogen-bond donors (Lipinski definition) is 1. The lowest BCUT2D eigenvalue weighted by molar-refractivity contribution is -0.116. The summed E-state index contributed by atoms with van der Waals surface area (Å²) in [5, 5.41) is 2.74. The molecule has 0 unspecified atom stereocenters. The summed E-state index contributed by atoms with van der Waals surface area (Å²) >= 11 is 0. The van der Waals surface area contributed by atoms with Gasteiger partial charge in [-0.3, -0.25) is 4.79 Å². The van der Waals surface area contributed by atoms with Crippen LogP contribution in [0.25, 0.3) is 6.08 Å². The number of nitrogens with zero attached hydrogens (tertiary/aromatic N) is 1. The van der Waals surface area contributed by atoms with Gasteiger partial charge in [-0.15, -0.1) is 0 Å². The normalized spacial score (nSPS) is 10.9. The molecule has 0 saturated carbocycles. The number of oxazole rings is 1. The molecule has 1 aromatic carbocycles. The van der Waals surface area contributed by atoms with E-state index in [-0.39, 0.29) is 5.91 Å². The second-order valence-electron chi connectivity index (χ2n) is 4.71. The number of hydrogen-bond acceptors (Lipinski definition) is 3. The Labute approximate surface area is 118 Å². The van der Waals surface area contributed by atoms with Gasteiger partial charge in [-0.1, -0.05) is 29.8 Å². The van der Waals surface area contributed by atoms with Crippen molar-refractivity contribution in [2.45, 2.75) is 27.3 Å².